The molecule has 0 saturated carbocycles. The number of aromatic nitrogens is 1. The van der Waals surface area contributed by atoms with Gasteiger partial charge in [-0.1, -0.05) is 0 Å². The highest BCUT2D eigenvalue weighted by molar-refractivity contribution is 7.94. The average molecular weight is 314 g/mol. The zero-order valence-corrected chi connectivity index (χ0v) is 11.9. The molecule has 0 atom stereocenters. The summed E-state index contributed by atoms with van der Waals surface area (Å²) in [6.07, 6.45) is 1.31. The lowest BCUT2D eigenvalue weighted by Crippen LogP contribution is -2.11. The number of carboxylic acids is 1. The normalized spacial score (nSPS) is 11.1. The highest BCUT2D eigenvalue weighted by atomic mass is 32.2. The summed E-state index contributed by atoms with van der Waals surface area (Å²) in [5.74, 6) is -0.814. The van der Waals surface area contributed by atoms with Crippen LogP contribution in [0.4, 0.5) is 5.69 Å². The third kappa shape index (κ3) is 3.06. The van der Waals surface area contributed by atoms with Gasteiger partial charge in [-0.15, -0.1) is 11.3 Å². The summed E-state index contributed by atoms with van der Waals surface area (Å²) in [7, 11) is -2.37. The van der Waals surface area contributed by atoms with Crippen LogP contribution >= 0.6 is 11.3 Å². The van der Waals surface area contributed by atoms with Crippen molar-refractivity contribution in [1.82, 2.24) is 4.98 Å². The van der Waals surface area contributed by atoms with Crippen LogP contribution in [0.15, 0.2) is 34.0 Å². The summed E-state index contributed by atoms with van der Waals surface area (Å²) >= 11 is 0.835. The first-order valence-electron chi connectivity index (χ1n) is 5.27. The van der Waals surface area contributed by atoms with Crippen molar-refractivity contribution in [2.45, 2.75) is 4.21 Å². The van der Waals surface area contributed by atoms with Crippen LogP contribution in [0.25, 0.3) is 0 Å². The maximum absolute atomic E-state index is 12.0. The van der Waals surface area contributed by atoms with Crippen LogP contribution < -0.4 is 9.46 Å². The minimum atomic E-state index is -3.82. The number of hydrogen-bond donors (Lipinski definition) is 2. The number of nitrogens with zero attached hydrogens (tertiary/aromatic N) is 1. The van der Waals surface area contributed by atoms with E-state index in [2.05, 4.69) is 9.71 Å². The van der Waals surface area contributed by atoms with Gasteiger partial charge in [0, 0.05) is 11.4 Å². The molecular weight excluding hydrogens is 304 g/mol. The van der Waals surface area contributed by atoms with Gasteiger partial charge in [0.2, 0.25) is 5.88 Å². The molecule has 0 saturated heterocycles. The molecule has 106 valence electrons. The molecule has 0 radical (unpaired) electrons. The fourth-order valence-electron chi connectivity index (χ4n) is 1.34. The molecule has 0 bridgehead atoms. The van der Waals surface area contributed by atoms with Crippen LogP contribution in [0.5, 0.6) is 5.88 Å². The Morgan fingerprint density at radius 2 is 2.20 bits per heavy atom. The van der Waals surface area contributed by atoms with Crippen LogP contribution in [0.1, 0.15) is 10.4 Å². The fourth-order valence-corrected chi connectivity index (χ4v) is 3.53. The third-order valence-electron chi connectivity index (χ3n) is 2.28. The van der Waals surface area contributed by atoms with Gasteiger partial charge >= 0.3 is 5.97 Å². The van der Waals surface area contributed by atoms with Crippen molar-refractivity contribution in [3.05, 3.63) is 35.3 Å². The summed E-state index contributed by atoms with van der Waals surface area (Å²) in [6, 6.07) is 4.11. The Balaban J connectivity index is 2.23. The Morgan fingerprint density at radius 3 is 2.70 bits per heavy atom. The first-order chi connectivity index (χ1) is 9.42. The van der Waals surface area contributed by atoms with E-state index in [-0.39, 0.29) is 15.5 Å². The molecular formula is C11H10N2O5S2. The number of methoxy groups -OCH3 is 1. The molecule has 7 nitrogen and oxygen atoms in total. The van der Waals surface area contributed by atoms with Gasteiger partial charge in [0.15, 0.2) is 0 Å². The zero-order valence-electron chi connectivity index (χ0n) is 10.2. The molecule has 2 N–H and O–H groups in total. The van der Waals surface area contributed by atoms with Crippen LogP contribution in [-0.4, -0.2) is 31.6 Å². The maximum atomic E-state index is 12.0. The zero-order chi connectivity index (χ0) is 14.8. The van der Waals surface area contributed by atoms with E-state index in [0.717, 1.165) is 17.4 Å². The molecule has 0 amide bonds. The van der Waals surface area contributed by atoms with E-state index < -0.39 is 16.0 Å². The number of thiophene rings is 1. The lowest BCUT2D eigenvalue weighted by molar-refractivity contribution is 0.0697. The molecule has 2 aromatic rings. The molecule has 0 unspecified atom stereocenters. The van der Waals surface area contributed by atoms with Gasteiger partial charge in [0.25, 0.3) is 10.0 Å². The van der Waals surface area contributed by atoms with Crippen molar-refractivity contribution < 1.29 is 23.1 Å². The molecule has 2 aromatic heterocycles. The smallest absolute Gasteiger partial charge is 0.336 e. The first-order valence-corrected chi connectivity index (χ1v) is 7.63. The van der Waals surface area contributed by atoms with Gasteiger partial charge in [-0.25, -0.2) is 18.2 Å². The Labute approximate surface area is 118 Å². The predicted molar refractivity (Wildman–Crippen MR) is 72.9 cm³/mol. The largest absolute Gasteiger partial charge is 0.481 e. The van der Waals surface area contributed by atoms with Gasteiger partial charge in [-0.05, 0) is 12.1 Å². The van der Waals surface area contributed by atoms with Gasteiger partial charge in [0.05, 0.1) is 24.6 Å². The Kier molecular flexibility index (Phi) is 3.91. The number of ether oxygens (including phenoxy) is 1. The van der Waals surface area contributed by atoms with Crippen LogP contribution in [0.2, 0.25) is 0 Å². The lowest BCUT2D eigenvalue weighted by Gasteiger charge is -2.06. The molecule has 0 aliphatic carbocycles. The van der Waals surface area contributed by atoms with Gasteiger partial charge in [-0.3, -0.25) is 4.72 Å². The van der Waals surface area contributed by atoms with E-state index in [0.29, 0.717) is 5.88 Å². The molecule has 0 spiro atoms. The van der Waals surface area contributed by atoms with E-state index in [1.165, 1.54) is 30.8 Å². The minimum Gasteiger partial charge on any atom is -0.481 e. The molecule has 9 heteroatoms. The minimum absolute atomic E-state index is 0.0665. The van der Waals surface area contributed by atoms with Crippen molar-refractivity contribution in [2.24, 2.45) is 0 Å². The Bertz CT molecular complexity index is 722. The highest BCUT2D eigenvalue weighted by Crippen LogP contribution is 2.23. The van der Waals surface area contributed by atoms with Crippen molar-refractivity contribution in [2.75, 3.05) is 11.8 Å². The molecule has 0 aliphatic heterocycles. The number of nitrogens with one attached hydrogen (secondary N) is 1. The fraction of sp³-hybridized carbons (Fsp3) is 0.0909. The molecule has 0 aromatic carbocycles. The van der Waals surface area contributed by atoms with Crippen LogP contribution in [0, 0.1) is 0 Å². The second-order valence-corrected chi connectivity index (χ2v) is 6.47. The molecule has 2 heterocycles. The second-order valence-electron chi connectivity index (χ2n) is 3.65. The molecule has 0 aliphatic rings. The van der Waals surface area contributed by atoms with E-state index in [1.807, 2.05) is 0 Å². The van der Waals surface area contributed by atoms with Gasteiger partial charge in [-0.2, -0.15) is 0 Å². The number of hydrogen-bond acceptors (Lipinski definition) is 6. The van der Waals surface area contributed by atoms with Crippen molar-refractivity contribution in [3.8, 4) is 5.88 Å². The van der Waals surface area contributed by atoms with Crippen molar-refractivity contribution in [1.29, 1.82) is 0 Å². The average Bonchev–Trinajstić information content (AvgIpc) is 2.90. The molecule has 20 heavy (non-hydrogen) atoms. The predicted octanol–water partition coefficient (Wildman–Crippen LogP) is 1.65. The van der Waals surface area contributed by atoms with Crippen molar-refractivity contribution >= 4 is 33.0 Å². The van der Waals surface area contributed by atoms with Gasteiger partial charge < -0.3 is 9.84 Å². The third-order valence-corrected chi connectivity index (χ3v) is 5.11. The highest BCUT2D eigenvalue weighted by Gasteiger charge is 2.19. The van der Waals surface area contributed by atoms with Gasteiger partial charge in [0.1, 0.15) is 4.21 Å². The van der Waals surface area contributed by atoms with Crippen molar-refractivity contribution in [3.63, 3.8) is 0 Å². The van der Waals surface area contributed by atoms with E-state index >= 15 is 0 Å². The SMILES string of the molecule is COc1ccc(NS(=O)(=O)c2cc(C(=O)O)cs2)cn1. The maximum Gasteiger partial charge on any atom is 0.336 e. The number of rotatable bonds is 5. The number of carbonyl (C=O) groups is 1. The summed E-state index contributed by atoms with van der Waals surface area (Å²) in [6.45, 7) is 0. The molecule has 0 fully saturated rings. The van der Waals surface area contributed by atoms with Crippen LogP contribution in [-0.2, 0) is 10.0 Å². The number of anilines is 1. The lowest BCUT2D eigenvalue weighted by atomic mass is 10.4. The van der Waals surface area contributed by atoms with E-state index in [9.17, 15) is 13.2 Å². The van der Waals surface area contributed by atoms with E-state index in [4.69, 9.17) is 9.84 Å². The Hall–Kier alpha value is -2.13. The number of carboxylic acid groups (broad SMARTS) is 1. The topological polar surface area (TPSA) is 106 Å². The summed E-state index contributed by atoms with van der Waals surface area (Å²) in [5, 5.41) is 10.0. The quantitative estimate of drug-likeness (QED) is 0.869. The summed E-state index contributed by atoms with van der Waals surface area (Å²) in [5.41, 5.74) is 0.194. The summed E-state index contributed by atoms with van der Waals surface area (Å²) < 4.78 is 31.2. The van der Waals surface area contributed by atoms with Crippen LogP contribution in [0.3, 0.4) is 0 Å². The number of pyridine rings is 1. The summed E-state index contributed by atoms with van der Waals surface area (Å²) in [4.78, 5) is 14.6. The van der Waals surface area contributed by atoms with E-state index in [1.54, 1.807) is 0 Å². The standard InChI is InChI=1S/C11H10N2O5S2/c1-18-9-3-2-8(5-12-9)13-20(16,17)10-4-7(6-19-10)11(14)15/h2-6,13H,1H3,(H,14,15). The Morgan fingerprint density at radius 1 is 1.45 bits per heavy atom. The second kappa shape index (κ2) is 5.47. The monoisotopic (exact) mass is 314 g/mol. The number of aromatic carboxylic acids is 1. The molecule has 2 rings (SSSR count). The number of sulfonamides is 1. The first kappa shape index (κ1) is 14.3.